The van der Waals surface area contributed by atoms with Crippen LogP contribution >= 0.6 is 0 Å². The number of primary amides is 1. The predicted molar refractivity (Wildman–Crippen MR) is 105 cm³/mol. The first-order valence-electron chi connectivity index (χ1n) is 9.10. The molecule has 28 heavy (non-hydrogen) atoms. The third-order valence-electron chi connectivity index (χ3n) is 4.98. The van der Waals surface area contributed by atoms with Gasteiger partial charge in [0, 0.05) is 29.4 Å². The summed E-state index contributed by atoms with van der Waals surface area (Å²) in [5.74, 6) is -1.13. The van der Waals surface area contributed by atoms with Gasteiger partial charge in [-0.15, -0.1) is 0 Å². The van der Waals surface area contributed by atoms with E-state index in [9.17, 15) is 9.59 Å². The first-order valence-corrected chi connectivity index (χ1v) is 9.10. The number of benzene rings is 1. The molecule has 0 bridgehead atoms. The van der Waals surface area contributed by atoms with Crippen molar-refractivity contribution in [2.75, 3.05) is 6.61 Å². The molecule has 2 aromatic heterocycles. The van der Waals surface area contributed by atoms with Gasteiger partial charge >= 0.3 is 5.97 Å². The Kier molecular flexibility index (Phi) is 4.61. The summed E-state index contributed by atoms with van der Waals surface area (Å²) in [5.41, 5.74) is 10.8. The van der Waals surface area contributed by atoms with Crippen molar-refractivity contribution in [3.63, 3.8) is 0 Å². The standard InChI is InChI=1S/C22H20N2O4/c23-22(27)16-9-4-8-15-17(12-14-6-2-1-3-7-14)24-11-5-10-18(21(24)20(15)16)28-13-19(25)26/h1-3,5-7,9-11H,4,8,12-13H2,(H2,23,27)(H,25,26). The van der Waals surface area contributed by atoms with E-state index in [1.54, 1.807) is 6.07 Å². The molecule has 4 rings (SSSR count). The monoisotopic (exact) mass is 376 g/mol. The van der Waals surface area contributed by atoms with Crippen LogP contribution in [0.15, 0.2) is 54.7 Å². The Labute approximate surface area is 161 Å². The van der Waals surface area contributed by atoms with Crippen molar-refractivity contribution < 1.29 is 19.4 Å². The summed E-state index contributed by atoms with van der Waals surface area (Å²) in [4.78, 5) is 23.1. The normalized spacial score (nSPS) is 13.1. The van der Waals surface area contributed by atoms with Gasteiger partial charge in [-0.2, -0.15) is 0 Å². The van der Waals surface area contributed by atoms with Gasteiger partial charge in [-0.1, -0.05) is 36.4 Å². The summed E-state index contributed by atoms with van der Waals surface area (Å²) >= 11 is 0. The average molecular weight is 376 g/mol. The summed E-state index contributed by atoms with van der Waals surface area (Å²) in [5, 5.41) is 9.01. The number of carboxylic acid groups (broad SMARTS) is 1. The molecular weight excluding hydrogens is 356 g/mol. The minimum absolute atomic E-state index is 0.425. The van der Waals surface area contributed by atoms with E-state index in [0.29, 0.717) is 23.3 Å². The van der Waals surface area contributed by atoms with E-state index in [1.807, 2.05) is 40.9 Å². The minimum atomic E-state index is -1.06. The second-order valence-corrected chi connectivity index (χ2v) is 6.76. The third-order valence-corrected chi connectivity index (χ3v) is 4.98. The predicted octanol–water partition coefficient (Wildman–Crippen LogP) is 2.81. The molecule has 0 aliphatic heterocycles. The number of hydrogen-bond donors (Lipinski definition) is 2. The summed E-state index contributed by atoms with van der Waals surface area (Å²) < 4.78 is 7.54. The maximum Gasteiger partial charge on any atom is 0.341 e. The SMILES string of the molecule is NC(=O)C1=CCCc2c1c1c(OCC(=O)O)cccn1c2Cc1ccccc1. The Hall–Kier alpha value is -3.54. The summed E-state index contributed by atoms with van der Waals surface area (Å²) in [6.45, 7) is -0.455. The van der Waals surface area contributed by atoms with Crippen LogP contribution in [0.3, 0.4) is 0 Å². The summed E-state index contributed by atoms with van der Waals surface area (Å²) in [7, 11) is 0. The van der Waals surface area contributed by atoms with Crippen LogP contribution in [0.5, 0.6) is 5.75 Å². The lowest BCUT2D eigenvalue weighted by Gasteiger charge is -2.14. The molecule has 0 atom stereocenters. The van der Waals surface area contributed by atoms with E-state index in [2.05, 4.69) is 12.1 Å². The van der Waals surface area contributed by atoms with Crippen LogP contribution < -0.4 is 10.5 Å². The van der Waals surface area contributed by atoms with Crippen molar-refractivity contribution in [3.05, 3.63) is 77.1 Å². The number of nitrogens with zero attached hydrogens (tertiary/aromatic N) is 1. The van der Waals surface area contributed by atoms with Gasteiger partial charge in [-0.05, 0) is 36.1 Å². The number of rotatable bonds is 6. The average Bonchev–Trinajstić information content (AvgIpc) is 3.01. The van der Waals surface area contributed by atoms with Gasteiger partial charge in [0.1, 0.15) is 5.75 Å². The van der Waals surface area contributed by atoms with Gasteiger partial charge in [0.15, 0.2) is 6.61 Å². The molecule has 0 radical (unpaired) electrons. The molecule has 1 amide bonds. The third kappa shape index (κ3) is 3.13. The van der Waals surface area contributed by atoms with Gasteiger partial charge in [-0.25, -0.2) is 4.79 Å². The Morgan fingerprint density at radius 2 is 1.93 bits per heavy atom. The number of carboxylic acids is 1. The number of hydrogen-bond acceptors (Lipinski definition) is 3. The molecule has 2 heterocycles. The zero-order valence-electron chi connectivity index (χ0n) is 15.2. The van der Waals surface area contributed by atoms with Gasteiger partial charge in [0.05, 0.1) is 5.52 Å². The highest BCUT2D eigenvalue weighted by molar-refractivity contribution is 6.22. The van der Waals surface area contributed by atoms with E-state index in [0.717, 1.165) is 35.2 Å². The molecule has 3 N–H and O–H groups in total. The van der Waals surface area contributed by atoms with Gasteiger partial charge < -0.3 is 20.0 Å². The minimum Gasteiger partial charge on any atom is -0.480 e. The number of fused-ring (bicyclic) bond motifs is 3. The lowest BCUT2D eigenvalue weighted by atomic mass is 9.90. The lowest BCUT2D eigenvalue weighted by Crippen LogP contribution is -2.16. The molecule has 0 saturated carbocycles. The molecule has 0 unspecified atom stereocenters. The van der Waals surface area contributed by atoms with E-state index in [4.69, 9.17) is 15.6 Å². The maximum absolute atomic E-state index is 12.1. The lowest BCUT2D eigenvalue weighted by molar-refractivity contribution is -0.139. The van der Waals surface area contributed by atoms with Crippen LogP contribution in [0.25, 0.3) is 11.1 Å². The fraction of sp³-hybridized carbons (Fsp3) is 0.182. The number of carbonyl (C=O) groups is 2. The van der Waals surface area contributed by atoms with Crippen LogP contribution in [0, 0.1) is 0 Å². The molecule has 3 aromatic rings. The quantitative estimate of drug-likeness (QED) is 0.692. The number of carbonyl (C=O) groups excluding carboxylic acids is 1. The molecule has 1 aliphatic rings. The molecule has 0 saturated heterocycles. The topological polar surface area (TPSA) is 94.0 Å². The van der Waals surface area contributed by atoms with E-state index in [-0.39, 0.29) is 0 Å². The number of amides is 1. The molecular formula is C22H20N2O4. The van der Waals surface area contributed by atoms with Crippen molar-refractivity contribution in [3.8, 4) is 5.75 Å². The first-order chi connectivity index (χ1) is 13.6. The van der Waals surface area contributed by atoms with Crippen molar-refractivity contribution in [1.82, 2.24) is 4.40 Å². The zero-order valence-corrected chi connectivity index (χ0v) is 15.2. The molecule has 0 fully saturated rings. The van der Waals surface area contributed by atoms with Crippen LogP contribution in [-0.4, -0.2) is 28.0 Å². The zero-order chi connectivity index (χ0) is 19.7. The Bertz CT molecular complexity index is 1100. The largest absolute Gasteiger partial charge is 0.480 e. The van der Waals surface area contributed by atoms with Gasteiger partial charge in [-0.3, -0.25) is 4.79 Å². The molecule has 1 aliphatic carbocycles. The Morgan fingerprint density at radius 1 is 1.14 bits per heavy atom. The number of aliphatic carboxylic acids is 1. The maximum atomic E-state index is 12.1. The van der Waals surface area contributed by atoms with Crippen LogP contribution in [0.2, 0.25) is 0 Å². The van der Waals surface area contributed by atoms with Crippen LogP contribution in [-0.2, 0) is 22.4 Å². The molecule has 1 aromatic carbocycles. The number of ether oxygens (including phenoxy) is 1. The number of nitrogens with two attached hydrogens (primary N) is 1. The van der Waals surface area contributed by atoms with Gasteiger partial charge in [0.25, 0.3) is 0 Å². The Morgan fingerprint density at radius 3 is 2.64 bits per heavy atom. The van der Waals surface area contributed by atoms with E-state index >= 15 is 0 Å². The second kappa shape index (κ2) is 7.23. The first kappa shape index (κ1) is 17.9. The van der Waals surface area contributed by atoms with Crippen molar-refractivity contribution >= 4 is 23.0 Å². The van der Waals surface area contributed by atoms with Crippen molar-refractivity contribution in [1.29, 1.82) is 0 Å². The van der Waals surface area contributed by atoms with Gasteiger partial charge in [0.2, 0.25) is 5.91 Å². The van der Waals surface area contributed by atoms with Crippen LogP contribution in [0.4, 0.5) is 0 Å². The summed E-state index contributed by atoms with van der Waals surface area (Å²) in [6.07, 6.45) is 5.97. The Balaban J connectivity index is 1.95. The molecule has 6 nitrogen and oxygen atoms in total. The highest BCUT2D eigenvalue weighted by Gasteiger charge is 2.27. The number of pyridine rings is 1. The van der Waals surface area contributed by atoms with Crippen LogP contribution in [0.1, 0.15) is 28.8 Å². The summed E-state index contributed by atoms with van der Waals surface area (Å²) in [6, 6.07) is 13.6. The second-order valence-electron chi connectivity index (χ2n) is 6.76. The van der Waals surface area contributed by atoms with E-state index in [1.165, 1.54) is 0 Å². The highest BCUT2D eigenvalue weighted by atomic mass is 16.5. The van der Waals surface area contributed by atoms with Crippen molar-refractivity contribution in [2.45, 2.75) is 19.3 Å². The van der Waals surface area contributed by atoms with E-state index < -0.39 is 18.5 Å². The molecule has 6 heteroatoms. The molecule has 142 valence electrons. The van der Waals surface area contributed by atoms with Crippen molar-refractivity contribution in [2.24, 2.45) is 5.73 Å². The smallest absolute Gasteiger partial charge is 0.341 e. The highest BCUT2D eigenvalue weighted by Crippen LogP contribution is 2.39. The number of aromatic nitrogens is 1. The fourth-order valence-corrected chi connectivity index (χ4v) is 3.87. The molecule has 0 spiro atoms. The fourth-order valence-electron chi connectivity index (χ4n) is 3.87. The number of allylic oxidation sites excluding steroid dienone is 1.